The van der Waals surface area contributed by atoms with Gasteiger partial charge in [-0.1, -0.05) is 5.92 Å². The van der Waals surface area contributed by atoms with Crippen molar-refractivity contribution >= 4 is 22.5 Å². The summed E-state index contributed by atoms with van der Waals surface area (Å²) in [7, 11) is 0. The average Bonchev–Trinajstić information content (AvgIpc) is 3.24. The number of carbonyl (C=O) groups excluding carboxylic acids is 1. The number of piperidine rings is 1. The van der Waals surface area contributed by atoms with Crippen LogP contribution in [0, 0.1) is 34.9 Å². The highest BCUT2D eigenvalue weighted by molar-refractivity contribution is 5.83. The van der Waals surface area contributed by atoms with Crippen LogP contribution in [0.5, 0.6) is 0 Å². The van der Waals surface area contributed by atoms with Crippen LogP contribution in [0.2, 0.25) is 0 Å². The molecule has 6 nitrogen and oxygen atoms in total. The van der Waals surface area contributed by atoms with E-state index in [1.54, 1.807) is 51.2 Å². The van der Waals surface area contributed by atoms with E-state index in [9.17, 15) is 23.2 Å². The smallest absolute Gasteiger partial charge is 0.373 e. The lowest BCUT2D eigenvalue weighted by molar-refractivity contribution is -0.140. The molecule has 1 amide bonds. The number of benzene rings is 1. The number of nitrogens with one attached hydrogen (secondary N) is 1. The number of aryl methyl sites for hydroxylation is 1. The summed E-state index contributed by atoms with van der Waals surface area (Å²) in [4.78, 5) is 17.7. The molecule has 1 saturated heterocycles. The third-order valence-corrected chi connectivity index (χ3v) is 7.57. The average molecular weight is 568 g/mol. The van der Waals surface area contributed by atoms with Crippen LogP contribution in [0.25, 0.3) is 10.9 Å². The van der Waals surface area contributed by atoms with Crippen LogP contribution in [0.4, 0.5) is 23.2 Å². The van der Waals surface area contributed by atoms with Crippen molar-refractivity contribution in [2.45, 2.75) is 64.6 Å². The van der Waals surface area contributed by atoms with E-state index in [1.807, 2.05) is 4.90 Å². The molecule has 0 aliphatic carbocycles. The number of aromatic nitrogens is 2. The first-order valence-corrected chi connectivity index (χ1v) is 13.6. The molecule has 0 atom stereocenters. The molecule has 1 fully saturated rings. The first kappa shape index (κ1) is 29.9. The Morgan fingerprint density at radius 3 is 2.51 bits per heavy atom. The number of anilines is 1. The van der Waals surface area contributed by atoms with E-state index in [4.69, 9.17) is 0 Å². The van der Waals surface area contributed by atoms with E-state index in [0.29, 0.717) is 47.8 Å². The van der Waals surface area contributed by atoms with E-state index < -0.39 is 24.0 Å². The summed E-state index contributed by atoms with van der Waals surface area (Å²) in [5, 5.41) is 12.8. The van der Waals surface area contributed by atoms with Crippen molar-refractivity contribution in [1.82, 2.24) is 14.5 Å². The molecular weight excluding hydrogens is 534 g/mol. The molecule has 1 aliphatic heterocycles. The summed E-state index contributed by atoms with van der Waals surface area (Å²) in [5.74, 6) is 5.56. The number of halogens is 4. The first-order valence-electron chi connectivity index (χ1n) is 13.6. The molecule has 3 heterocycles. The minimum absolute atomic E-state index is 0.0600. The number of amides is 1. The Kier molecular flexibility index (Phi) is 8.92. The highest BCUT2D eigenvalue weighted by Gasteiger charge is 2.30. The number of fused-ring (bicyclic) bond motifs is 1. The Morgan fingerprint density at radius 1 is 1.17 bits per heavy atom. The molecule has 41 heavy (non-hydrogen) atoms. The molecule has 0 unspecified atom stereocenters. The zero-order valence-electron chi connectivity index (χ0n) is 23.4. The van der Waals surface area contributed by atoms with Crippen molar-refractivity contribution in [3.8, 4) is 17.9 Å². The number of pyridine rings is 1. The molecule has 3 aromatic rings. The third kappa shape index (κ3) is 7.58. The number of hydrogen-bond acceptors (Lipinski definition) is 4. The quantitative estimate of drug-likeness (QED) is 0.273. The molecule has 0 saturated carbocycles. The monoisotopic (exact) mass is 567 g/mol. The second-order valence-electron chi connectivity index (χ2n) is 11.0. The Bertz CT molecular complexity index is 1500. The van der Waals surface area contributed by atoms with Gasteiger partial charge >= 0.3 is 6.18 Å². The van der Waals surface area contributed by atoms with Crippen LogP contribution in [0.3, 0.4) is 0 Å². The SMILES string of the molecule is CC(=O)N1CCC(CCc2cc3cc(C#CCNc4ccc(C(C)(C)C#N)nc4)n(CC(F)(F)F)c3cc2F)CC1. The van der Waals surface area contributed by atoms with Gasteiger partial charge in [0.15, 0.2) is 0 Å². The van der Waals surface area contributed by atoms with Gasteiger partial charge in [0.2, 0.25) is 5.91 Å². The zero-order valence-corrected chi connectivity index (χ0v) is 23.4. The lowest BCUT2D eigenvalue weighted by Crippen LogP contribution is -2.37. The van der Waals surface area contributed by atoms with Crippen LogP contribution in [0.15, 0.2) is 36.5 Å². The molecule has 10 heteroatoms. The molecule has 1 N–H and O–H groups in total. The van der Waals surface area contributed by atoms with Gasteiger partial charge in [-0.15, -0.1) is 0 Å². The normalized spacial score (nSPS) is 14.4. The molecule has 0 spiro atoms. The lowest BCUT2D eigenvalue weighted by atomic mass is 9.90. The summed E-state index contributed by atoms with van der Waals surface area (Å²) < 4.78 is 56.4. The van der Waals surface area contributed by atoms with Gasteiger partial charge in [-0.2, -0.15) is 18.4 Å². The van der Waals surface area contributed by atoms with Crippen LogP contribution in [-0.4, -0.2) is 46.2 Å². The molecule has 4 rings (SSSR count). The van der Waals surface area contributed by atoms with Crippen LogP contribution < -0.4 is 5.32 Å². The molecule has 1 aliphatic rings. The van der Waals surface area contributed by atoms with Crippen LogP contribution in [0.1, 0.15) is 57.0 Å². The number of likely N-dealkylation sites (tertiary alicyclic amines) is 1. The molecular formula is C31H33F4N5O. The maximum atomic E-state index is 15.1. The minimum atomic E-state index is -4.50. The second-order valence-corrected chi connectivity index (χ2v) is 11.0. The van der Waals surface area contributed by atoms with Crippen molar-refractivity contribution in [3.05, 3.63) is 59.3 Å². The largest absolute Gasteiger partial charge is 0.406 e. The first-order chi connectivity index (χ1) is 19.4. The lowest BCUT2D eigenvalue weighted by Gasteiger charge is -2.31. The molecule has 1 aromatic carbocycles. The Balaban J connectivity index is 1.49. The van der Waals surface area contributed by atoms with Gasteiger partial charge < -0.3 is 14.8 Å². The van der Waals surface area contributed by atoms with Crippen molar-refractivity contribution < 1.29 is 22.4 Å². The fourth-order valence-electron chi connectivity index (χ4n) is 5.08. The van der Waals surface area contributed by atoms with E-state index in [0.717, 1.165) is 23.8 Å². The van der Waals surface area contributed by atoms with E-state index in [1.165, 1.54) is 6.07 Å². The maximum Gasteiger partial charge on any atom is 0.406 e. The summed E-state index contributed by atoms with van der Waals surface area (Å²) in [5.41, 5.74) is 1.32. The fraction of sp³-hybridized carbons (Fsp3) is 0.452. The van der Waals surface area contributed by atoms with E-state index >= 15 is 4.39 Å². The predicted octanol–water partition coefficient (Wildman–Crippen LogP) is 6.19. The highest BCUT2D eigenvalue weighted by atomic mass is 19.4. The Hall–Kier alpha value is -4.05. The minimum Gasteiger partial charge on any atom is -0.373 e. The second kappa shape index (κ2) is 12.2. The van der Waals surface area contributed by atoms with Crippen molar-refractivity contribution in [3.63, 3.8) is 0 Å². The van der Waals surface area contributed by atoms with Gasteiger partial charge in [0.1, 0.15) is 12.4 Å². The van der Waals surface area contributed by atoms with Gasteiger partial charge in [-0.05, 0) is 87.3 Å². The van der Waals surface area contributed by atoms with Gasteiger partial charge in [0.25, 0.3) is 0 Å². The van der Waals surface area contributed by atoms with Gasteiger partial charge in [0.05, 0.1) is 46.8 Å². The van der Waals surface area contributed by atoms with Crippen LogP contribution >= 0.6 is 0 Å². The molecule has 0 bridgehead atoms. The number of alkyl halides is 3. The van der Waals surface area contributed by atoms with Crippen molar-refractivity contribution in [2.75, 3.05) is 25.0 Å². The molecule has 2 aromatic heterocycles. The summed E-state index contributed by atoms with van der Waals surface area (Å²) in [6.45, 7) is 5.35. The third-order valence-electron chi connectivity index (χ3n) is 7.57. The van der Waals surface area contributed by atoms with Crippen molar-refractivity contribution in [1.29, 1.82) is 5.26 Å². The standard InChI is InChI=1S/C31H33F4N5O/c1-21(41)39-13-10-22(11-14-39)6-7-23-15-24-16-26(40(20-31(33,34)35)28(24)17-27(23)32)5-4-12-37-25-8-9-29(38-18-25)30(2,3)19-36/h8-9,15-18,22,37H,6-7,10-14,20H2,1-3H3. The van der Waals surface area contributed by atoms with Gasteiger partial charge in [-0.25, -0.2) is 4.39 Å². The Morgan fingerprint density at radius 2 is 1.90 bits per heavy atom. The topological polar surface area (TPSA) is 74.0 Å². The number of nitriles is 1. The van der Waals surface area contributed by atoms with E-state index in [-0.39, 0.29) is 23.7 Å². The van der Waals surface area contributed by atoms with Gasteiger partial charge in [-0.3, -0.25) is 9.78 Å². The number of carbonyl (C=O) groups is 1. The zero-order chi connectivity index (χ0) is 29.8. The fourth-order valence-corrected chi connectivity index (χ4v) is 5.08. The summed E-state index contributed by atoms with van der Waals surface area (Å²) in [6.07, 6.45) is 0.0111. The summed E-state index contributed by atoms with van der Waals surface area (Å²) in [6, 6.07) is 10.1. The highest BCUT2D eigenvalue weighted by Crippen LogP contribution is 2.30. The van der Waals surface area contributed by atoms with Crippen molar-refractivity contribution in [2.24, 2.45) is 5.92 Å². The maximum absolute atomic E-state index is 15.1. The van der Waals surface area contributed by atoms with Gasteiger partial charge in [0, 0.05) is 25.4 Å². The van der Waals surface area contributed by atoms with E-state index in [2.05, 4.69) is 28.2 Å². The van der Waals surface area contributed by atoms with Crippen LogP contribution in [-0.2, 0) is 23.2 Å². The molecule has 216 valence electrons. The number of hydrogen-bond donors (Lipinski definition) is 1. The Labute approximate surface area is 237 Å². The molecule has 0 radical (unpaired) electrons. The number of nitrogens with zero attached hydrogens (tertiary/aromatic N) is 4. The summed E-state index contributed by atoms with van der Waals surface area (Å²) >= 11 is 0. The predicted molar refractivity (Wildman–Crippen MR) is 149 cm³/mol. The number of rotatable bonds is 7.